The van der Waals surface area contributed by atoms with Crippen molar-refractivity contribution < 1.29 is 9.53 Å². The highest BCUT2D eigenvalue weighted by molar-refractivity contribution is 6.35. The van der Waals surface area contributed by atoms with E-state index in [0.717, 1.165) is 5.56 Å². The second-order valence-electron chi connectivity index (χ2n) is 4.33. The van der Waals surface area contributed by atoms with Gasteiger partial charge in [0.05, 0.1) is 16.3 Å². The number of carbonyl (C=O) groups is 1. The first-order chi connectivity index (χ1) is 10.1. The summed E-state index contributed by atoms with van der Waals surface area (Å²) in [4.78, 5) is 12.3. The van der Waals surface area contributed by atoms with Crippen molar-refractivity contribution in [3.05, 3.63) is 58.6 Å². The maximum atomic E-state index is 12.3. The average Bonchev–Trinajstić information content (AvgIpc) is 2.49. The van der Waals surface area contributed by atoms with Crippen molar-refractivity contribution in [2.75, 3.05) is 11.9 Å². The van der Waals surface area contributed by atoms with Gasteiger partial charge < -0.3 is 10.1 Å². The fourth-order valence-corrected chi connectivity index (χ4v) is 2.03. The van der Waals surface area contributed by atoms with Crippen LogP contribution in [-0.2, 0) is 0 Å². The smallest absolute Gasteiger partial charge is 0.257 e. The molecule has 106 valence electrons. The first-order valence-electron chi connectivity index (χ1n) is 6.28. The molecule has 0 radical (unpaired) electrons. The Morgan fingerprint density at radius 2 is 2.05 bits per heavy atom. The van der Waals surface area contributed by atoms with Gasteiger partial charge in [-0.15, -0.1) is 0 Å². The molecule has 2 aromatic rings. The van der Waals surface area contributed by atoms with Crippen LogP contribution < -0.4 is 10.1 Å². The van der Waals surface area contributed by atoms with Crippen LogP contribution in [0.15, 0.2) is 42.5 Å². The highest BCUT2D eigenvalue weighted by atomic mass is 35.5. The van der Waals surface area contributed by atoms with Crippen molar-refractivity contribution in [2.24, 2.45) is 0 Å². The Balaban J connectivity index is 2.24. The van der Waals surface area contributed by atoms with E-state index in [1.54, 1.807) is 36.4 Å². The molecular weight excluding hydrogens is 288 g/mol. The van der Waals surface area contributed by atoms with Crippen LogP contribution in [0.4, 0.5) is 5.69 Å². The number of para-hydroxylation sites is 2. The van der Waals surface area contributed by atoms with Gasteiger partial charge in [-0.05, 0) is 30.7 Å². The summed E-state index contributed by atoms with van der Waals surface area (Å²) in [6.45, 7) is 1.75. The number of halogens is 1. The molecule has 0 fully saturated rings. The van der Waals surface area contributed by atoms with E-state index in [0.29, 0.717) is 22.0 Å². The SMILES string of the molecule is Cc1cccc(C(=O)Nc2ccccc2OCC#N)c1Cl. The molecule has 0 aliphatic carbocycles. The second kappa shape index (κ2) is 6.78. The summed E-state index contributed by atoms with van der Waals surface area (Å²) in [5.74, 6) is 0.118. The van der Waals surface area contributed by atoms with Crippen molar-refractivity contribution in [3.63, 3.8) is 0 Å². The molecule has 2 rings (SSSR count). The summed E-state index contributed by atoms with van der Waals surface area (Å²) in [6.07, 6.45) is 0. The molecule has 5 heteroatoms. The molecule has 4 nitrogen and oxygen atoms in total. The van der Waals surface area contributed by atoms with Gasteiger partial charge in [0, 0.05) is 0 Å². The average molecular weight is 301 g/mol. The highest BCUT2D eigenvalue weighted by Gasteiger charge is 2.13. The minimum atomic E-state index is -0.322. The van der Waals surface area contributed by atoms with E-state index in [1.807, 2.05) is 19.1 Å². The summed E-state index contributed by atoms with van der Waals surface area (Å²) in [5.41, 5.74) is 1.72. The summed E-state index contributed by atoms with van der Waals surface area (Å²) in [7, 11) is 0. The van der Waals surface area contributed by atoms with Gasteiger partial charge >= 0.3 is 0 Å². The summed E-state index contributed by atoms with van der Waals surface area (Å²) < 4.78 is 5.27. The van der Waals surface area contributed by atoms with Crippen LogP contribution in [0.3, 0.4) is 0 Å². The van der Waals surface area contributed by atoms with Gasteiger partial charge in [-0.25, -0.2) is 0 Å². The number of carbonyl (C=O) groups excluding carboxylic acids is 1. The molecule has 0 aromatic heterocycles. The maximum absolute atomic E-state index is 12.3. The van der Waals surface area contributed by atoms with Gasteiger partial charge in [0.1, 0.15) is 11.8 Å². The third-order valence-electron chi connectivity index (χ3n) is 2.86. The van der Waals surface area contributed by atoms with Crippen LogP contribution in [0.1, 0.15) is 15.9 Å². The number of anilines is 1. The first kappa shape index (κ1) is 14.9. The third-order valence-corrected chi connectivity index (χ3v) is 3.37. The molecular formula is C16H13ClN2O2. The molecule has 21 heavy (non-hydrogen) atoms. The zero-order valence-corrected chi connectivity index (χ0v) is 12.1. The predicted molar refractivity (Wildman–Crippen MR) is 81.7 cm³/mol. The van der Waals surface area contributed by atoms with Crippen molar-refractivity contribution in [3.8, 4) is 11.8 Å². The van der Waals surface area contributed by atoms with Gasteiger partial charge in [-0.3, -0.25) is 4.79 Å². The molecule has 0 bridgehead atoms. The fraction of sp³-hybridized carbons (Fsp3) is 0.125. The lowest BCUT2D eigenvalue weighted by atomic mass is 10.1. The van der Waals surface area contributed by atoms with E-state index in [4.69, 9.17) is 21.6 Å². The van der Waals surface area contributed by atoms with Gasteiger partial charge in [-0.2, -0.15) is 5.26 Å². The Morgan fingerprint density at radius 1 is 1.29 bits per heavy atom. The minimum absolute atomic E-state index is 0.0852. The van der Waals surface area contributed by atoms with E-state index in [-0.39, 0.29) is 12.5 Å². The number of benzene rings is 2. The minimum Gasteiger partial charge on any atom is -0.477 e. The van der Waals surface area contributed by atoms with Crippen LogP contribution >= 0.6 is 11.6 Å². The van der Waals surface area contributed by atoms with Gasteiger partial charge in [0.15, 0.2) is 6.61 Å². The van der Waals surface area contributed by atoms with Crippen molar-refractivity contribution in [2.45, 2.75) is 6.92 Å². The van der Waals surface area contributed by atoms with Crippen molar-refractivity contribution >= 4 is 23.2 Å². The summed E-state index contributed by atoms with van der Waals surface area (Å²) in [5, 5.41) is 11.7. The monoisotopic (exact) mass is 300 g/mol. The second-order valence-corrected chi connectivity index (χ2v) is 4.71. The Bertz CT molecular complexity index is 708. The molecule has 0 heterocycles. The largest absolute Gasteiger partial charge is 0.477 e. The molecule has 0 atom stereocenters. The molecule has 2 aromatic carbocycles. The number of nitrogens with zero attached hydrogens (tertiary/aromatic N) is 1. The van der Waals surface area contributed by atoms with Gasteiger partial charge in [0.2, 0.25) is 0 Å². The van der Waals surface area contributed by atoms with Crippen LogP contribution in [-0.4, -0.2) is 12.5 Å². The van der Waals surface area contributed by atoms with E-state index in [1.165, 1.54) is 0 Å². The van der Waals surface area contributed by atoms with Crippen LogP contribution in [0, 0.1) is 18.3 Å². The molecule has 0 spiro atoms. The predicted octanol–water partition coefficient (Wildman–Crippen LogP) is 3.80. The number of ether oxygens (including phenoxy) is 1. The topological polar surface area (TPSA) is 62.1 Å². The Hall–Kier alpha value is -2.51. The lowest BCUT2D eigenvalue weighted by Gasteiger charge is -2.12. The van der Waals surface area contributed by atoms with E-state index < -0.39 is 0 Å². The maximum Gasteiger partial charge on any atom is 0.257 e. The van der Waals surface area contributed by atoms with Gasteiger partial charge in [-0.1, -0.05) is 35.9 Å². The van der Waals surface area contributed by atoms with E-state index in [2.05, 4.69) is 5.32 Å². The molecule has 0 saturated carbocycles. The quantitative estimate of drug-likeness (QED) is 0.934. The fourth-order valence-electron chi connectivity index (χ4n) is 1.82. The summed E-state index contributed by atoms with van der Waals surface area (Å²) >= 11 is 6.14. The normalized spacial score (nSPS) is 9.76. The number of nitrogens with one attached hydrogen (secondary N) is 1. The summed E-state index contributed by atoms with van der Waals surface area (Å²) in [6, 6.07) is 14.1. The standard InChI is InChI=1S/C16H13ClN2O2/c1-11-5-4-6-12(15(11)17)16(20)19-13-7-2-3-8-14(13)21-10-9-18/h2-8H,10H2,1H3,(H,19,20). The highest BCUT2D eigenvalue weighted by Crippen LogP contribution is 2.26. The molecule has 0 unspecified atom stereocenters. The number of amides is 1. The van der Waals surface area contributed by atoms with Crippen molar-refractivity contribution in [1.29, 1.82) is 5.26 Å². The zero-order valence-electron chi connectivity index (χ0n) is 11.4. The Kier molecular flexibility index (Phi) is 4.81. The van der Waals surface area contributed by atoms with Crippen molar-refractivity contribution in [1.82, 2.24) is 0 Å². The third kappa shape index (κ3) is 3.53. The zero-order chi connectivity index (χ0) is 15.2. The molecule has 0 aliphatic heterocycles. The first-order valence-corrected chi connectivity index (χ1v) is 6.66. The van der Waals surface area contributed by atoms with Crippen LogP contribution in [0.5, 0.6) is 5.75 Å². The molecule has 0 aliphatic rings. The molecule has 1 N–H and O–H groups in total. The lowest BCUT2D eigenvalue weighted by Crippen LogP contribution is -2.13. The van der Waals surface area contributed by atoms with E-state index in [9.17, 15) is 4.79 Å². The van der Waals surface area contributed by atoms with E-state index >= 15 is 0 Å². The number of hydrogen-bond acceptors (Lipinski definition) is 3. The number of rotatable bonds is 4. The van der Waals surface area contributed by atoms with Crippen LogP contribution in [0.2, 0.25) is 5.02 Å². The number of aryl methyl sites for hydroxylation is 1. The molecule has 0 saturated heterocycles. The lowest BCUT2D eigenvalue weighted by molar-refractivity contribution is 0.102. The number of hydrogen-bond donors (Lipinski definition) is 1. The van der Waals surface area contributed by atoms with Gasteiger partial charge in [0.25, 0.3) is 5.91 Å². The Labute approximate surface area is 127 Å². The molecule has 1 amide bonds. The van der Waals surface area contributed by atoms with Crippen LogP contribution in [0.25, 0.3) is 0 Å². The Morgan fingerprint density at radius 3 is 2.81 bits per heavy atom. The number of nitriles is 1.